The van der Waals surface area contributed by atoms with E-state index in [4.69, 9.17) is 4.74 Å². The van der Waals surface area contributed by atoms with Gasteiger partial charge in [0.25, 0.3) is 0 Å². The summed E-state index contributed by atoms with van der Waals surface area (Å²) in [4.78, 5) is 13.2. The molecular formula is C17H17BrO2S. The van der Waals surface area contributed by atoms with Crippen LogP contribution in [0.2, 0.25) is 0 Å². The van der Waals surface area contributed by atoms with Crippen molar-refractivity contribution in [2.45, 2.75) is 18.2 Å². The van der Waals surface area contributed by atoms with Crippen molar-refractivity contribution in [1.82, 2.24) is 0 Å². The number of ether oxygens (including phenoxy) is 1. The number of Topliss-reactive ketones (excluding diaryl/α,β-unsaturated/α-hetero) is 1. The number of hydrogen-bond acceptors (Lipinski definition) is 3. The molecule has 0 saturated carbocycles. The van der Waals surface area contributed by atoms with Crippen LogP contribution in [0, 0.1) is 6.92 Å². The first-order valence-corrected chi connectivity index (χ1v) is 8.40. The fourth-order valence-corrected chi connectivity index (χ4v) is 3.43. The third-order valence-electron chi connectivity index (χ3n) is 3.01. The van der Waals surface area contributed by atoms with E-state index in [1.807, 2.05) is 30.3 Å². The lowest BCUT2D eigenvalue weighted by Gasteiger charge is -2.06. The van der Waals surface area contributed by atoms with E-state index in [-0.39, 0.29) is 5.78 Å². The Balaban J connectivity index is 1.91. The smallest absolute Gasteiger partial charge is 0.147 e. The zero-order chi connectivity index (χ0) is 15.2. The molecule has 2 aromatic carbocycles. The predicted molar refractivity (Wildman–Crippen MR) is 91.3 cm³/mol. The summed E-state index contributed by atoms with van der Waals surface area (Å²) in [6.07, 6.45) is 0.446. The van der Waals surface area contributed by atoms with Gasteiger partial charge in [-0.2, -0.15) is 0 Å². The maximum absolute atomic E-state index is 12.1. The van der Waals surface area contributed by atoms with Crippen molar-refractivity contribution in [2.75, 3.05) is 12.9 Å². The van der Waals surface area contributed by atoms with Crippen molar-refractivity contribution in [2.24, 2.45) is 0 Å². The lowest BCUT2D eigenvalue weighted by atomic mass is 10.1. The van der Waals surface area contributed by atoms with Gasteiger partial charge in [-0.3, -0.25) is 4.79 Å². The summed E-state index contributed by atoms with van der Waals surface area (Å²) < 4.78 is 6.06. The summed E-state index contributed by atoms with van der Waals surface area (Å²) in [5.41, 5.74) is 2.21. The fraction of sp³-hybridized carbons (Fsp3) is 0.235. The lowest BCUT2D eigenvalue weighted by Crippen LogP contribution is -2.05. The number of benzene rings is 2. The molecule has 0 radical (unpaired) electrons. The van der Waals surface area contributed by atoms with Gasteiger partial charge in [-0.25, -0.2) is 0 Å². The number of ketones is 1. The minimum Gasteiger partial charge on any atom is -0.496 e. The number of aryl methyl sites for hydroxylation is 1. The highest BCUT2D eigenvalue weighted by molar-refractivity contribution is 9.10. The molecule has 0 spiro atoms. The molecule has 2 rings (SSSR count). The van der Waals surface area contributed by atoms with Crippen LogP contribution in [0.4, 0.5) is 0 Å². The Hall–Kier alpha value is -1.26. The van der Waals surface area contributed by atoms with Crippen LogP contribution >= 0.6 is 27.7 Å². The van der Waals surface area contributed by atoms with Gasteiger partial charge < -0.3 is 4.74 Å². The summed E-state index contributed by atoms with van der Waals surface area (Å²) >= 11 is 5.03. The van der Waals surface area contributed by atoms with Crippen molar-refractivity contribution < 1.29 is 9.53 Å². The molecule has 0 amide bonds. The van der Waals surface area contributed by atoms with E-state index in [2.05, 4.69) is 35.0 Å². The van der Waals surface area contributed by atoms with Crippen molar-refractivity contribution in [3.63, 3.8) is 0 Å². The van der Waals surface area contributed by atoms with E-state index in [9.17, 15) is 4.79 Å². The molecule has 0 aromatic heterocycles. The SMILES string of the molecule is COc1ccc(CC(=O)CSc2cccc(C)c2)cc1Br. The van der Waals surface area contributed by atoms with E-state index < -0.39 is 0 Å². The third-order valence-corrected chi connectivity index (χ3v) is 4.68. The maximum Gasteiger partial charge on any atom is 0.147 e. The minimum absolute atomic E-state index is 0.221. The van der Waals surface area contributed by atoms with E-state index >= 15 is 0 Å². The molecule has 0 saturated heterocycles. The van der Waals surface area contributed by atoms with Crippen LogP contribution in [0.3, 0.4) is 0 Å². The molecule has 0 atom stereocenters. The Labute approximate surface area is 138 Å². The van der Waals surface area contributed by atoms with E-state index in [0.29, 0.717) is 12.2 Å². The van der Waals surface area contributed by atoms with E-state index in [1.54, 1.807) is 18.9 Å². The molecule has 0 N–H and O–H groups in total. The highest BCUT2D eigenvalue weighted by Gasteiger charge is 2.07. The van der Waals surface area contributed by atoms with E-state index in [1.165, 1.54) is 5.56 Å². The molecule has 110 valence electrons. The number of carbonyl (C=O) groups is 1. The first kappa shape index (κ1) is 16.1. The Morgan fingerprint density at radius 1 is 1.24 bits per heavy atom. The predicted octanol–water partition coefficient (Wildman–Crippen LogP) is 4.67. The van der Waals surface area contributed by atoms with Crippen LogP contribution in [-0.4, -0.2) is 18.6 Å². The quantitative estimate of drug-likeness (QED) is 0.696. The van der Waals surface area contributed by atoms with Gasteiger partial charge >= 0.3 is 0 Å². The van der Waals surface area contributed by atoms with Crippen LogP contribution < -0.4 is 4.74 Å². The molecule has 0 aliphatic carbocycles. The highest BCUT2D eigenvalue weighted by atomic mass is 79.9. The average Bonchev–Trinajstić information content (AvgIpc) is 2.45. The Kier molecular flexibility index (Phi) is 5.88. The monoisotopic (exact) mass is 364 g/mol. The second-order valence-electron chi connectivity index (χ2n) is 4.79. The molecular weight excluding hydrogens is 348 g/mol. The zero-order valence-corrected chi connectivity index (χ0v) is 14.5. The van der Waals surface area contributed by atoms with Crippen molar-refractivity contribution >= 4 is 33.5 Å². The summed E-state index contributed by atoms with van der Waals surface area (Å²) in [6, 6.07) is 14.0. The Morgan fingerprint density at radius 3 is 2.71 bits per heavy atom. The zero-order valence-electron chi connectivity index (χ0n) is 12.1. The second kappa shape index (κ2) is 7.66. The van der Waals surface area contributed by atoms with Gasteiger partial charge in [0.15, 0.2) is 0 Å². The Bertz CT molecular complexity index is 640. The van der Waals surface area contributed by atoms with Crippen molar-refractivity contribution in [1.29, 1.82) is 0 Å². The van der Waals surface area contributed by atoms with Crippen molar-refractivity contribution in [3.8, 4) is 5.75 Å². The van der Waals surface area contributed by atoms with Crippen LogP contribution in [-0.2, 0) is 11.2 Å². The molecule has 0 unspecified atom stereocenters. The third kappa shape index (κ3) is 4.90. The molecule has 2 aromatic rings. The largest absolute Gasteiger partial charge is 0.496 e. The number of thioether (sulfide) groups is 1. The van der Waals surface area contributed by atoms with Crippen LogP contribution in [0.1, 0.15) is 11.1 Å². The standard InChI is InChI=1S/C17H17BrO2S/c1-12-4-3-5-15(8-12)21-11-14(19)9-13-6-7-17(20-2)16(18)10-13/h3-8,10H,9,11H2,1-2H3. The molecule has 4 heteroatoms. The summed E-state index contributed by atoms with van der Waals surface area (Å²) in [6.45, 7) is 2.06. The second-order valence-corrected chi connectivity index (χ2v) is 6.69. The van der Waals surface area contributed by atoms with Gasteiger partial charge in [-0.05, 0) is 52.7 Å². The van der Waals surface area contributed by atoms with Gasteiger partial charge in [-0.15, -0.1) is 11.8 Å². The number of rotatable bonds is 6. The topological polar surface area (TPSA) is 26.3 Å². The molecule has 21 heavy (non-hydrogen) atoms. The normalized spacial score (nSPS) is 10.4. The number of carbonyl (C=O) groups excluding carboxylic acids is 1. The summed E-state index contributed by atoms with van der Waals surface area (Å²) in [5, 5.41) is 0. The van der Waals surface area contributed by atoms with Gasteiger partial charge in [0.1, 0.15) is 11.5 Å². The van der Waals surface area contributed by atoms with Crippen LogP contribution in [0.5, 0.6) is 5.75 Å². The van der Waals surface area contributed by atoms with Gasteiger partial charge in [0.05, 0.1) is 17.3 Å². The fourth-order valence-electron chi connectivity index (χ4n) is 1.97. The summed E-state index contributed by atoms with van der Waals surface area (Å²) in [5.74, 6) is 1.49. The highest BCUT2D eigenvalue weighted by Crippen LogP contribution is 2.26. The van der Waals surface area contributed by atoms with Gasteiger partial charge in [0.2, 0.25) is 0 Å². The number of halogens is 1. The number of methoxy groups -OCH3 is 1. The molecule has 0 aliphatic heterocycles. The lowest BCUT2D eigenvalue weighted by molar-refractivity contribution is -0.116. The molecule has 0 bridgehead atoms. The molecule has 0 heterocycles. The molecule has 0 fully saturated rings. The molecule has 2 nitrogen and oxygen atoms in total. The average molecular weight is 365 g/mol. The van der Waals surface area contributed by atoms with Crippen LogP contribution in [0.25, 0.3) is 0 Å². The number of hydrogen-bond donors (Lipinski definition) is 0. The van der Waals surface area contributed by atoms with Gasteiger partial charge in [0, 0.05) is 11.3 Å². The first-order chi connectivity index (χ1) is 10.1. The van der Waals surface area contributed by atoms with Crippen LogP contribution in [0.15, 0.2) is 51.8 Å². The van der Waals surface area contributed by atoms with Crippen molar-refractivity contribution in [3.05, 3.63) is 58.1 Å². The van der Waals surface area contributed by atoms with Gasteiger partial charge in [-0.1, -0.05) is 23.8 Å². The first-order valence-electron chi connectivity index (χ1n) is 6.62. The molecule has 0 aliphatic rings. The van der Waals surface area contributed by atoms with E-state index in [0.717, 1.165) is 20.7 Å². The maximum atomic E-state index is 12.1. The Morgan fingerprint density at radius 2 is 2.05 bits per heavy atom. The summed E-state index contributed by atoms with van der Waals surface area (Å²) in [7, 11) is 1.63. The minimum atomic E-state index is 0.221.